The molecule has 0 unspecified atom stereocenters. The van der Waals surface area contributed by atoms with Crippen molar-refractivity contribution in [2.24, 2.45) is 5.73 Å². The van der Waals surface area contributed by atoms with Gasteiger partial charge in [-0.05, 0) is 6.07 Å². The standard InChI is InChI=1S/C11H13ClFNO3/c1-16-2-3-17-10-6-9(13)8(12)4-7(10)5-11(14)15/h4,6H,2-3,5H2,1H3,(H2,14,15). The molecule has 0 saturated carbocycles. The van der Waals surface area contributed by atoms with Gasteiger partial charge in [0.25, 0.3) is 0 Å². The second-order valence-electron chi connectivity index (χ2n) is 3.36. The maximum atomic E-state index is 13.2. The van der Waals surface area contributed by atoms with Crippen LogP contribution in [0.1, 0.15) is 5.56 Å². The number of methoxy groups -OCH3 is 1. The minimum Gasteiger partial charge on any atom is -0.491 e. The number of hydrogen-bond donors (Lipinski definition) is 1. The van der Waals surface area contributed by atoms with Gasteiger partial charge < -0.3 is 15.2 Å². The molecule has 4 nitrogen and oxygen atoms in total. The number of carbonyl (C=O) groups excluding carboxylic acids is 1. The third-order valence-electron chi connectivity index (χ3n) is 2.01. The highest BCUT2D eigenvalue weighted by Gasteiger charge is 2.11. The molecule has 2 N–H and O–H groups in total. The lowest BCUT2D eigenvalue weighted by molar-refractivity contribution is -0.117. The zero-order valence-corrected chi connectivity index (χ0v) is 10.1. The van der Waals surface area contributed by atoms with Gasteiger partial charge in [-0.25, -0.2) is 4.39 Å². The highest BCUT2D eigenvalue weighted by atomic mass is 35.5. The fourth-order valence-electron chi connectivity index (χ4n) is 1.26. The van der Waals surface area contributed by atoms with Gasteiger partial charge in [-0.1, -0.05) is 11.6 Å². The molecular weight excluding hydrogens is 249 g/mol. The van der Waals surface area contributed by atoms with Gasteiger partial charge in [0.1, 0.15) is 18.2 Å². The lowest BCUT2D eigenvalue weighted by Gasteiger charge is -2.11. The maximum absolute atomic E-state index is 13.2. The lowest BCUT2D eigenvalue weighted by atomic mass is 10.1. The molecule has 0 aromatic heterocycles. The summed E-state index contributed by atoms with van der Waals surface area (Å²) in [6, 6.07) is 2.47. The Morgan fingerprint density at radius 3 is 2.76 bits per heavy atom. The monoisotopic (exact) mass is 261 g/mol. The summed E-state index contributed by atoms with van der Waals surface area (Å²) >= 11 is 5.62. The molecule has 6 heteroatoms. The molecule has 1 aromatic carbocycles. The van der Waals surface area contributed by atoms with Crippen molar-refractivity contribution < 1.29 is 18.7 Å². The molecule has 0 saturated heterocycles. The average molecular weight is 262 g/mol. The van der Waals surface area contributed by atoms with Crippen LogP contribution in [0.25, 0.3) is 0 Å². The van der Waals surface area contributed by atoms with E-state index in [0.29, 0.717) is 12.2 Å². The van der Waals surface area contributed by atoms with Crippen molar-refractivity contribution in [3.05, 3.63) is 28.5 Å². The summed E-state index contributed by atoms with van der Waals surface area (Å²) in [5.41, 5.74) is 5.54. The first-order valence-electron chi connectivity index (χ1n) is 4.92. The topological polar surface area (TPSA) is 61.6 Å². The Balaban J connectivity index is 2.90. The van der Waals surface area contributed by atoms with E-state index in [4.69, 9.17) is 26.8 Å². The van der Waals surface area contributed by atoms with Crippen molar-refractivity contribution in [1.29, 1.82) is 0 Å². The molecule has 1 aromatic rings. The van der Waals surface area contributed by atoms with Crippen molar-refractivity contribution in [2.45, 2.75) is 6.42 Å². The SMILES string of the molecule is COCCOc1cc(F)c(Cl)cc1CC(N)=O. The first-order valence-corrected chi connectivity index (χ1v) is 5.30. The normalized spacial score (nSPS) is 10.3. The van der Waals surface area contributed by atoms with Gasteiger partial charge >= 0.3 is 0 Å². The van der Waals surface area contributed by atoms with E-state index in [9.17, 15) is 9.18 Å². The molecule has 0 aliphatic heterocycles. The van der Waals surface area contributed by atoms with Crippen LogP contribution in [-0.4, -0.2) is 26.2 Å². The minimum absolute atomic E-state index is 0.0533. The van der Waals surface area contributed by atoms with Gasteiger partial charge in [-0.3, -0.25) is 4.79 Å². The Bertz CT molecular complexity index is 412. The predicted octanol–water partition coefficient (Wildman–Crippen LogP) is 1.53. The van der Waals surface area contributed by atoms with Gasteiger partial charge in [-0.2, -0.15) is 0 Å². The van der Waals surface area contributed by atoms with Crippen LogP contribution in [0.3, 0.4) is 0 Å². The number of benzene rings is 1. The zero-order valence-electron chi connectivity index (χ0n) is 9.33. The summed E-state index contributed by atoms with van der Waals surface area (Å²) in [6.45, 7) is 0.615. The molecule has 0 spiro atoms. The van der Waals surface area contributed by atoms with Crippen LogP contribution in [0.5, 0.6) is 5.75 Å². The van der Waals surface area contributed by atoms with E-state index in [1.54, 1.807) is 0 Å². The molecule has 0 heterocycles. The predicted molar refractivity (Wildman–Crippen MR) is 61.7 cm³/mol. The fourth-order valence-corrected chi connectivity index (χ4v) is 1.45. The second-order valence-corrected chi connectivity index (χ2v) is 3.77. The van der Waals surface area contributed by atoms with Crippen LogP contribution in [0.15, 0.2) is 12.1 Å². The summed E-state index contributed by atoms with van der Waals surface area (Å²) in [5, 5.41) is -0.0691. The largest absolute Gasteiger partial charge is 0.491 e. The van der Waals surface area contributed by atoms with Gasteiger partial charge in [-0.15, -0.1) is 0 Å². The number of amides is 1. The van der Waals surface area contributed by atoms with Crippen molar-refractivity contribution in [3.8, 4) is 5.75 Å². The number of carbonyl (C=O) groups is 1. The number of nitrogens with two attached hydrogens (primary N) is 1. The van der Waals surface area contributed by atoms with Crippen molar-refractivity contribution >= 4 is 17.5 Å². The average Bonchev–Trinajstić information content (AvgIpc) is 2.24. The molecule has 0 fully saturated rings. The van der Waals surface area contributed by atoms with Crippen LogP contribution < -0.4 is 10.5 Å². The lowest BCUT2D eigenvalue weighted by Crippen LogP contribution is -2.15. The summed E-state index contributed by atoms with van der Waals surface area (Å²) < 4.78 is 23.3. The molecule has 0 radical (unpaired) electrons. The summed E-state index contributed by atoms with van der Waals surface area (Å²) in [7, 11) is 1.52. The van der Waals surface area contributed by atoms with Crippen LogP contribution in [0.2, 0.25) is 5.02 Å². The van der Waals surface area contributed by atoms with E-state index in [1.165, 1.54) is 13.2 Å². The molecule has 0 aliphatic carbocycles. The zero-order chi connectivity index (χ0) is 12.8. The van der Waals surface area contributed by atoms with E-state index in [0.717, 1.165) is 6.07 Å². The van der Waals surface area contributed by atoms with Crippen molar-refractivity contribution in [1.82, 2.24) is 0 Å². The highest BCUT2D eigenvalue weighted by molar-refractivity contribution is 6.30. The Labute approximate surface area is 103 Å². The van der Waals surface area contributed by atoms with Crippen LogP contribution in [0.4, 0.5) is 4.39 Å². The van der Waals surface area contributed by atoms with Crippen molar-refractivity contribution in [2.75, 3.05) is 20.3 Å². The third-order valence-corrected chi connectivity index (χ3v) is 2.30. The van der Waals surface area contributed by atoms with E-state index in [2.05, 4.69) is 0 Å². The molecule has 0 bridgehead atoms. The van der Waals surface area contributed by atoms with Crippen LogP contribution >= 0.6 is 11.6 Å². The van der Waals surface area contributed by atoms with Crippen LogP contribution in [0, 0.1) is 5.82 Å². The first-order chi connectivity index (χ1) is 8.04. The molecule has 94 valence electrons. The number of primary amides is 1. The number of rotatable bonds is 6. The molecule has 17 heavy (non-hydrogen) atoms. The van der Waals surface area contributed by atoms with Gasteiger partial charge in [0, 0.05) is 18.7 Å². The quantitative estimate of drug-likeness (QED) is 0.790. The van der Waals surface area contributed by atoms with E-state index in [1.807, 2.05) is 0 Å². The summed E-state index contributed by atoms with van der Waals surface area (Å²) in [4.78, 5) is 10.9. The molecule has 1 rings (SSSR count). The van der Waals surface area contributed by atoms with E-state index >= 15 is 0 Å². The Morgan fingerprint density at radius 1 is 1.47 bits per heavy atom. The van der Waals surface area contributed by atoms with Gasteiger partial charge in [0.05, 0.1) is 18.1 Å². The molecule has 1 amide bonds. The molecule has 0 aliphatic rings. The number of hydrogen-bond acceptors (Lipinski definition) is 3. The Hall–Kier alpha value is -1.33. The number of halogens is 2. The highest BCUT2D eigenvalue weighted by Crippen LogP contribution is 2.26. The summed E-state index contributed by atoms with van der Waals surface area (Å²) in [5.74, 6) is -0.890. The van der Waals surface area contributed by atoms with Crippen molar-refractivity contribution in [3.63, 3.8) is 0 Å². The minimum atomic E-state index is -0.604. The second kappa shape index (κ2) is 6.42. The molecule has 0 atom stereocenters. The van der Waals surface area contributed by atoms with Gasteiger partial charge in [0.2, 0.25) is 5.91 Å². The van der Waals surface area contributed by atoms with Gasteiger partial charge in [0.15, 0.2) is 0 Å². The fraction of sp³-hybridized carbons (Fsp3) is 0.364. The maximum Gasteiger partial charge on any atom is 0.221 e. The Kier molecular flexibility index (Phi) is 5.18. The Morgan fingerprint density at radius 2 is 2.18 bits per heavy atom. The molecular formula is C11H13ClFNO3. The summed E-state index contributed by atoms with van der Waals surface area (Å²) in [6.07, 6.45) is -0.0533. The smallest absolute Gasteiger partial charge is 0.221 e. The van der Waals surface area contributed by atoms with E-state index < -0.39 is 11.7 Å². The third kappa shape index (κ3) is 4.20. The first kappa shape index (κ1) is 13.7. The van der Waals surface area contributed by atoms with E-state index in [-0.39, 0.29) is 23.8 Å². The number of ether oxygens (including phenoxy) is 2. The van der Waals surface area contributed by atoms with Crippen LogP contribution in [-0.2, 0) is 16.0 Å².